The number of carbonyl (C=O) groups excluding carboxylic acids is 1. The Balaban J connectivity index is 1.51. The van der Waals surface area contributed by atoms with E-state index in [-0.39, 0.29) is 12.6 Å². The van der Waals surface area contributed by atoms with Gasteiger partial charge < -0.3 is 19.7 Å². The first-order chi connectivity index (χ1) is 19.0. The Morgan fingerprint density at radius 3 is 2.45 bits per heavy atom. The molecule has 1 heterocycles. The van der Waals surface area contributed by atoms with Gasteiger partial charge in [-0.1, -0.05) is 41.9 Å². The second-order valence-electron chi connectivity index (χ2n) is 9.88. The summed E-state index contributed by atoms with van der Waals surface area (Å²) in [7, 11) is -3.37. The average molecular weight is 584 g/mol. The summed E-state index contributed by atoms with van der Waals surface area (Å²) in [6.07, 6.45) is 1.17. The molecule has 0 bridgehead atoms. The quantitative estimate of drug-likeness (QED) is 0.199. The van der Waals surface area contributed by atoms with Crippen molar-refractivity contribution >= 4 is 44.2 Å². The standard InChI is InChI=1S/C30H34ClN3O5S/c1-4-39-30(36)28-17-24-15-22(14-20(2)32-18-29(35)23-6-5-7-25(31)16-23)10-13-27(24)34(28)19-21-8-11-26(12-9-21)33-40(3,37)38/h5-13,15-17,20,29,32-33,35H,4,14,18-19H2,1-3H3/t20-,29-/m1/s1. The Bertz CT molecular complexity index is 1580. The Labute approximate surface area is 240 Å². The first-order valence-electron chi connectivity index (χ1n) is 13.1. The van der Waals surface area contributed by atoms with E-state index in [0.29, 0.717) is 29.5 Å². The predicted octanol–water partition coefficient (Wildman–Crippen LogP) is 5.15. The smallest absolute Gasteiger partial charge is 0.354 e. The number of sulfonamides is 1. The maximum absolute atomic E-state index is 12.8. The summed E-state index contributed by atoms with van der Waals surface area (Å²) in [5.74, 6) is -0.402. The molecule has 40 heavy (non-hydrogen) atoms. The van der Waals surface area contributed by atoms with Crippen molar-refractivity contribution < 1.29 is 23.1 Å². The molecule has 0 saturated heterocycles. The fraction of sp³-hybridized carbons (Fsp3) is 0.300. The Morgan fingerprint density at radius 2 is 1.77 bits per heavy atom. The predicted molar refractivity (Wildman–Crippen MR) is 159 cm³/mol. The molecule has 212 valence electrons. The van der Waals surface area contributed by atoms with Gasteiger partial charge in [-0.05, 0) is 79.4 Å². The number of nitrogens with zero attached hydrogens (tertiary/aromatic N) is 1. The van der Waals surface area contributed by atoms with E-state index in [1.54, 1.807) is 31.2 Å². The van der Waals surface area contributed by atoms with E-state index in [9.17, 15) is 18.3 Å². The van der Waals surface area contributed by atoms with Gasteiger partial charge in [0.05, 0.1) is 19.0 Å². The Kier molecular flexibility index (Phi) is 9.52. The summed E-state index contributed by atoms with van der Waals surface area (Å²) in [6.45, 7) is 4.91. The van der Waals surface area contributed by atoms with E-state index in [0.717, 1.165) is 40.3 Å². The highest BCUT2D eigenvalue weighted by atomic mass is 35.5. The molecule has 0 unspecified atom stereocenters. The summed E-state index contributed by atoms with van der Waals surface area (Å²) in [5.41, 5.74) is 4.57. The lowest BCUT2D eigenvalue weighted by molar-refractivity contribution is 0.0515. The minimum absolute atomic E-state index is 0.0944. The van der Waals surface area contributed by atoms with Crippen LogP contribution in [0.3, 0.4) is 0 Å². The van der Waals surface area contributed by atoms with Gasteiger partial charge in [-0.25, -0.2) is 13.2 Å². The number of hydrogen-bond acceptors (Lipinski definition) is 6. The van der Waals surface area contributed by atoms with Crippen LogP contribution in [-0.2, 0) is 27.7 Å². The lowest BCUT2D eigenvalue weighted by Gasteiger charge is -2.18. The molecule has 4 rings (SSSR count). The number of anilines is 1. The van der Waals surface area contributed by atoms with Gasteiger partial charge in [-0.3, -0.25) is 4.72 Å². The third-order valence-electron chi connectivity index (χ3n) is 6.48. The van der Waals surface area contributed by atoms with Gasteiger partial charge in [0.2, 0.25) is 10.0 Å². The van der Waals surface area contributed by atoms with Crippen molar-refractivity contribution in [3.05, 3.63) is 100 Å². The van der Waals surface area contributed by atoms with Crippen LogP contribution in [0.5, 0.6) is 0 Å². The van der Waals surface area contributed by atoms with Crippen molar-refractivity contribution in [3.8, 4) is 0 Å². The number of aliphatic hydroxyl groups is 1. The normalized spacial score (nSPS) is 13.2. The Morgan fingerprint density at radius 1 is 1.05 bits per heavy atom. The van der Waals surface area contributed by atoms with Crippen LogP contribution in [-0.4, -0.2) is 49.5 Å². The van der Waals surface area contributed by atoms with Crippen LogP contribution < -0.4 is 10.0 Å². The van der Waals surface area contributed by atoms with Crippen molar-refractivity contribution in [3.63, 3.8) is 0 Å². The van der Waals surface area contributed by atoms with Crippen molar-refractivity contribution in [1.82, 2.24) is 9.88 Å². The molecule has 1 aromatic heterocycles. The van der Waals surface area contributed by atoms with Gasteiger partial charge in [-0.2, -0.15) is 0 Å². The number of rotatable bonds is 12. The van der Waals surface area contributed by atoms with Crippen LogP contribution in [0.4, 0.5) is 5.69 Å². The summed E-state index contributed by atoms with van der Waals surface area (Å²) >= 11 is 6.04. The zero-order valence-corrected chi connectivity index (χ0v) is 24.3. The zero-order chi connectivity index (χ0) is 28.9. The number of ether oxygens (including phenoxy) is 1. The lowest BCUT2D eigenvalue weighted by Crippen LogP contribution is -2.32. The summed E-state index contributed by atoms with van der Waals surface area (Å²) in [4.78, 5) is 12.8. The van der Waals surface area contributed by atoms with Crippen molar-refractivity contribution in [2.24, 2.45) is 0 Å². The fourth-order valence-electron chi connectivity index (χ4n) is 4.64. The molecule has 0 fully saturated rings. The maximum Gasteiger partial charge on any atom is 0.354 e. The van der Waals surface area contributed by atoms with Crippen LogP contribution in [0.1, 0.15) is 47.1 Å². The number of esters is 1. The summed E-state index contributed by atoms with van der Waals surface area (Å²) in [5, 5.41) is 15.4. The van der Waals surface area contributed by atoms with Crippen LogP contribution in [0.15, 0.2) is 72.8 Å². The number of halogens is 1. The van der Waals surface area contributed by atoms with Gasteiger partial charge in [0.15, 0.2) is 0 Å². The lowest BCUT2D eigenvalue weighted by atomic mass is 10.0. The maximum atomic E-state index is 12.8. The van der Waals surface area contributed by atoms with E-state index in [2.05, 4.69) is 23.0 Å². The van der Waals surface area contributed by atoms with E-state index in [1.165, 1.54) is 0 Å². The summed E-state index contributed by atoms with van der Waals surface area (Å²) < 4.78 is 32.7. The topological polar surface area (TPSA) is 110 Å². The molecule has 0 radical (unpaired) electrons. The molecule has 0 spiro atoms. The molecule has 0 saturated carbocycles. The third-order valence-corrected chi connectivity index (χ3v) is 7.32. The molecule has 4 aromatic rings. The highest BCUT2D eigenvalue weighted by Crippen LogP contribution is 2.25. The highest BCUT2D eigenvalue weighted by molar-refractivity contribution is 7.92. The number of fused-ring (bicyclic) bond motifs is 1. The molecule has 3 aromatic carbocycles. The molecule has 0 aliphatic heterocycles. The molecule has 0 aliphatic rings. The average Bonchev–Trinajstić information content (AvgIpc) is 3.25. The van der Waals surface area contributed by atoms with E-state index in [1.807, 2.05) is 47.0 Å². The molecule has 0 amide bonds. The number of benzene rings is 3. The van der Waals surface area contributed by atoms with Crippen LogP contribution >= 0.6 is 11.6 Å². The van der Waals surface area contributed by atoms with E-state index in [4.69, 9.17) is 16.3 Å². The van der Waals surface area contributed by atoms with Gasteiger partial charge >= 0.3 is 5.97 Å². The molecule has 10 heteroatoms. The van der Waals surface area contributed by atoms with Crippen LogP contribution in [0, 0.1) is 0 Å². The van der Waals surface area contributed by atoms with E-state index < -0.39 is 22.1 Å². The number of aliphatic hydroxyl groups excluding tert-OH is 1. The number of carbonyl (C=O) groups is 1. The minimum atomic E-state index is -3.37. The van der Waals surface area contributed by atoms with E-state index >= 15 is 0 Å². The van der Waals surface area contributed by atoms with Crippen molar-refractivity contribution in [2.45, 2.75) is 39.0 Å². The zero-order valence-electron chi connectivity index (χ0n) is 22.7. The third kappa shape index (κ3) is 7.85. The van der Waals surface area contributed by atoms with Crippen LogP contribution in [0.25, 0.3) is 10.9 Å². The number of nitrogens with one attached hydrogen (secondary N) is 2. The van der Waals surface area contributed by atoms with Crippen molar-refractivity contribution in [1.29, 1.82) is 0 Å². The Hall–Kier alpha value is -3.37. The first-order valence-corrected chi connectivity index (χ1v) is 15.3. The van der Waals surface area contributed by atoms with Gasteiger partial charge in [0.1, 0.15) is 5.69 Å². The van der Waals surface area contributed by atoms with Crippen molar-refractivity contribution in [2.75, 3.05) is 24.1 Å². The molecular formula is C30H34ClN3O5S. The monoisotopic (exact) mass is 583 g/mol. The highest BCUT2D eigenvalue weighted by Gasteiger charge is 2.18. The van der Waals surface area contributed by atoms with Gasteiger partial charge in [-0.15, -0.1) is 0 Å². The minimum Gasteiger partial charge on any atom is -0.461 e. The SMILES string of the molecule is CCOC(=O)c1cc2cc(C[C@@H](C)NC[C@@H](O)c3cccc(Cl)c3)ccc2n1Cc1ccc(NS(C)(=O)=O)cc1. The molecule has 2 atom stereocenters. The second kappa shape index (κ2) is 12.9. The van der Waals surface area contributed by atoms with Crippen LogP contribution in [0.2, 0.25) is 5.02 Å². The molecule has 8 nitrogen and oxygen atoms in total. The first kappa shape index (κ1) is 29.6. The second-order valence-corrected chi connectivity index (χ2v) is 12.1. The molecule has 0 aliphatic carbocycles. The van der Waals surface area contributed by atoms with Gasteiger partial charge in [0, 0.05) is 40.7 Å². The summed E-state index contributed by atoms with van der Waals surface area (Å²) in [6, 6.07) is 22.3. The molecular weight excluding hydrogens is 550 g/mol. The number of hydrogen-bond donors (Lipinski definition) is 3. The van der Waals surface area contributed by atoms with Gasteiger partial charge in [0.25, 0.3) is 0 Å². The number of aromatic nitrogens is 1. The largest absolute Gasteiger partial charge is 0.461 e. The fourth-order valence-corrected chi connectivity index (χ4v) is 5.40. The molecule has 3 N–H and O–H groups in total.